The molecule has 0 saturated carbocycles. The van der Waals surface area contributed by atoms with Gasteiger partial charge in [0, 0.05) is 38.8 Å². The van der Waals surface area contributed by atoms with Gasteiger partial charge < -0.3 is 9.64 Å². The van der Waals surface area contributed by atoms with E-state index in [-0.39, 0.29) is 17.8 Å². The van der Waals surface area contributed by atoms with Gasteiger partial charge in [0.25, 0.3) is 5.69 Å². The molecule has 0 aliphatic carbocycles. The fourth-order valence-electron chi connectivity index (χ4n) is 2.32. The Balaban J connectivity index is 2.04. The molecule has 114 valence electrons. The van der Waals surface area contributed by atoms with E-state index in [1.807, 2.05) is 4.90 Å². The van der Waals surface area contributed by atoms with Crippen LogP contribution in [0.3, 0.4) is 0 Å². The van der Waals surface area contributed by atoms with E-state index in [4.69, 9.17) is 0 Å². The highest BCUT2D eigenvalue weighted by Gasteiger charge is 2.25. The number of nitro groups is 1. The van der Waals surface area contributed by atoms with Gasteiger partial charge in [0.05, 0.1) is 17.6 Å². The third-order valence-electron chi connectivity index (χ3n) is 3.48. The summed E-state index contributed by atoms with van der Waals surface area (Å²) in [7, 11) is 1.32. The molecule has 0 radical (unpaired) electrons. The van der Waals surface area contributed by atoms with Gasteiger partial charge in [-0.25, -0.2) is 9.18 Å². The Bertz CT molecular complexity index is 544. The smallest absolute Gasteiger partial charge is 0.409 e. The van der Waals surface area contributed by atoms with Crippen molar-refractivity contribution < 1.29 is 18.8 Å². The number of ether oxygens (including phenoxy) is 1. The van der Waals surface area contributed by atoms with Crippen LogP contribution in [-0.2, 0) is 11.3 Å². The highest BCUT2D eigenvalue weighted by molar-refractivity contribution is 5.67. The first-order valence-corrected chi connectivity index (χ1v) is 6.50. The van der Waals surface area contributed by atoms with Crippen LogP contribution in [0.5, 0.6) is 0 Å². The lowest BCUT2D eigenvalue weighted by molar-refractivity contribution is -0.386. The molecule has 0 unspecified atom stereocenters. The molecule has 1 aromatic rings. The topological polar surface area (TPSA) is 75.9 Å². The number of hydrogen-bond donors (Lipinski definition) is 0. The maximum Gasteiger partial charge on any atom is 0.409 e. The zero-order valence-electron chi connectivity index (χ0n) is 11.6. The van der Waals surface area contributed by atoms with Gasteiger partial charge in [0.2, 0.25) is 0 Å². The van der Waals surface area contributed by atoms with Crippen LogP contribution in [0.1, 0.15) is 5.56 Å². The van der Waals surface area contributed by atoms with Gasteiger partial charge in [-0.2, -0.15) is 0 Å². The number of methoxy groups -OCH3 is 1. The summed E-state index contributed by atoms with van der Waals surface area (Å²) in [5.74, 6) is -0.584. The summed E-state index contributed by atoms with van der Waals surface area (Å²) in [5, 5.41) is 10.9. The molecule has 0 aromatic heterocycles. The van der Waals surface area contributed by atoms with Gasteiger partial charge in [-0.1, -0.05) is 6.07 Å². The van der Waals surface area contributed by atoms with E-state index in [1.54, 1.807) is 4.90 Å². The quantitative estimate of drug-likeness (QED) is 0.626. The monoisotopic (exact) mass is 297 g/mol. The summed E-state index contributed by atoms with van der Waals surface area (Å²) >= 11 is 0. The molecular weight excluding hydrogens is 281 g/mol. The molecule has 0 atom stereocenters. The van der Waals surface area contributed by atoms with Crippen LogP contribution in [0.4, 0.5) is 14.9 Å². The van der Waals surface area contributed by atoms with Crippen LogP contribution in [-0.4, -0.2) is 54.1 Å². The Morgan fingerprint density at radius 3 is 2.62 bits per heavy atom. The first kappa shape index (κ1) is 15.2. The standard InChI is InChI=1S/C13H16FN3O4/c1-21-13(18)16-7-5-15(6-8-16)9-10-11(14)3-2-4-12(10)17(19)20/h2-4H,5-9H2,1H3. The highest BCUT2D eigenvalue weighted by atomic mass is 19.1. The number of carbonyl (C=O) groups is 1. The minimum Gasteiger partial charge on any atom is -0.453 e. The SMILES string of the molecule is COC(=O)N1CCN(Cc2c(F)cccc2[N+](=O)[O-])CC1. The number of rotatable bonds is 3. The fraction of sp³-hybridized carbons (Fsp3) is 0.462. The number of halogens is 1. The second kappa shape index (κ2) is 6.49. The molecule has 1 aliphatic rings. The van der Waals surface area contributed by atoms with E-state index >= 15 is 0 Å². The average Bonchev–Trinajstić information content (AvgIpc) is 2.49. The summed E-state index contributed by atoms with van der Waals surface area (Å²) in [5.41, 5.74) is -0.139. The Kier molecular flexibility index (Phi) is 4.69. The Hall–Kier alpha value is -2.22. The molecule has 8 heteroatoms. The van der Waals surface area contributed by atoms with E-state index < -0.39 is 16.8 Å². The Labute approximate surface area is 121 Å². The maximum absolute atomic E-state index is 13.8. The number of hydrogen-bond acceptors (Lipinski definition) is 5. The summed E-state index contributed by atoms with van der Waals surface area (Å²) < 4.78 is 18.4. The van der Waals surface area contributed by atoms with Crippen molar-refractivity contribution in [2.45, 2.75) is 6.54 Å². The molecule has 1 amide bonds. The summed E-state index contributed by atoms with van der Waals surface area (Å²) in [6, 6.07) is 3.84. The van der Waals surface area contributed by atoms with Gasteiger partial charge in [0.15, 0.2) is 0 Å². The summed E-state index contributed by atoms with van der Waals surface area (Å²) in [6.07, 6.45) is -0.397. The second-order valence-corrected chi connectivity index (χ2v) is 4.73. The van der Waals surface area contributed by atoms with Gasteiger partial charge in [-0.05, 0) is 6.07 Å². The van der Waals surface area contributed by atoms with Gasteiger partial charge in [-0.15, -0.1) is 0 Å². The molecule has 7 nitrogen and oxygen atoms in total. The van der Waals surface area contributed by atoms with Gasteiger partial charge in [0.1, 0.15) is 5.82 Å². The molecule has 1 aliphatic heterocycles. The van der Waals surface area contributed by atoms with Crippen LogP contribution >= 0.6 is 0 Å². The van der Waals surface area contributed by atoms with Crippen LogP contribution in [0, 0.1) is 15.9 Å². The normalized spacial score (nSPS) is 15.8. The van der Waals surface area contributed by atoms with Crippen molar-refractivity contribution in [2.24, 2.45) is 0 Å². The van der Waals surface area contributed by atoms with Gasteiger partial charge >= 0.3 is 6.09 Å². The number of nitro benzene ring substituents is 1. The Morgan fingerprint density at radius 1 is 1.38 bits per heavy atom. The van der Waals surface area contributed by atoms with E-state index in [9.17, 15) is 19.3 Å². The van der Waals surface area contributed by atoms with Crippen molar-refractivity contribution in [2.75, 3.05) is 33.3 Å². The third-order valence-corrected chi connectivity index (χ3v) is 3.48. The van der Waals surface area contributed by atoms with E-state index in [2.05, 4.69) is 4.74 Å². The van der Waals surface area contributed by atoms with Crippen molar-refractivity contribution in [3.05, 3.63) is 39.7 Å². The number of benzene rings is 1. The lowest BCUT2D eigenvalue weighted by Gasteiger charge is -2.33. The minimum absolute atomic E-state index is 0.0778. The molecule has 1 fully saturated rings. The predicted octanol–water partition coefficient (Wildman–Crippen LogP) is 1.62. The molecule has 0 spiro atoms. The first-order chi connectivity index (χ1) is 10.0. The number of carbonyl (C=O) groups excluding carboxylic acids is 1. The van der Waals surface area contributed by atoms with Crippen molar-refractivity contribution >= 4 is 11.8 Å². The van der Waals surface area contributed by atoms with E-state index in [0.717, 1.165) is 0 Å². The molecule has 0 N–H and O–H groups in total. The predicted molar refractivity (Wildman–Crippen MR) is 72.3 cm³/mol. The van der Waals surface area contributed by atoms with Crippen molar-refractivity contribution in [3.63, 3.8) is 0 Å². The molecule has 21 heavy (non-hydrogen) atoms. The largest absolute Gasteiger partial charge is 0.453 e. The number of nitrogens with zero attached hydrogens (tertiary/aromatic N) is 3. The third kappa shape index (κ3) is 3.46. The van der Waals surface area contributed by atoms with Crippen LogP contribution in [0.25, 0.3) is 0 Å². The number of piperazine rings is 1. The van der Waals surface area contributed by atoms with Gasteiger partial charge in [-0.3, -0.25) is 15.0 Å². The van der Waals surface area contributed by atoms with Crippen molar-refractivity contribution in [1.29, 1.82) is 0 Å². The molecule has 2 rings (SSSR count). The molecule has 1 heterocycles. The van der Waals surface area contributed by atoms with Crippen LogP contribution in [0.2, 0.25) is 0 Å². The molecule has 0 bridgehead atoms. The van der Waals surface area contributed by atoms with E-state index in [0.29, 0.717) is 26.2 Å². The first-order valence-electron chi connectivity index (χ1n) is 6.50. The van der Waals surface area contributed by atoms with Crippen molar-refractivity contribution in [1.82, 2.24) is 9.80 Å². The van der Waals surface area contributed by atoms with Crippen LogP contribution in [0.15, 0.2) is 18.2 Å². The lowest BCUT2D eigenvalue weighted by atomic mass is 10.1. The lowest BCUT2D eigenvalue weighted by Crippen LogP contribution is -2.48. The van der Waals surface area contributed by atoms with Crippen molar-refractivity contribution in [3.8, 4) is 0 Å². The fourth-order valence-corrected chi connectivity index (χ4v) is 2.32. The summed E-state index contributed by atoms with van der Waals surface area (Å²) in [6.45, 7) is 2.09. The van der Waals surface area contributed by atoms with E-state index in [1.165, 1.54) is 25.3 Å². The zero-order valence-corrected chi connectivity index (χ0v) is 11.6. The average molecular weight is 297 g/mol. The molecule has 1 saturated heterocycles. The summed E-state index contributed by atoms with van der Waals surface area (Å²) in [4.78, 5) is 25.2. The molecular formula is C13H16FN3O4. The van der Waals surface area contributed by atoms with Crippen LogP contribution < -0.4 is 0 Å². The molecule has 1 aromatic carbocycles. The highest BCUT2D eigenvalue weighted by Crippen LogP contribution is 2.23. The maximum atomic E-state index is 13.8. The minimum atomic E-state index is -0.584. The Morgan fingerprint density at radius 2 is 2.05 bits per heavy atom. The zero-order chi connectivity index (χ0) is 15.4. The second-order valence-electron chi connectivity index (χ2n) is 4.73. The number of amides is 1.